The minimum absolute atomic E-state index is 0.0624. The van der Waals surface area contributed by atoms with E-state index in [1.165, 1.54) is 41.7 Å². The minimum atomic E-state index is -0.502. The highest BCUT2D eigenvalue weighted by molar-refractivity contribution is 7.18. The zero-order valence-corrected chi connectivity index (χ0v) is 18.4. The van der Waals surface area contributed by atoms with Crippen molar-refractivity contribution in [2.75, 3.05) is 10.6 Å². The van der Waals surface area contributed by atoms with Crippen LogP contribution in [-0.2, 0) is 4.79 Å². The zero-order valence-electron chi connectivity index (χ0n) is 17.5. The van der Waals surface area contributed by atoms with Gasteiger partial charge in [0.05, 0.1) is 4.92 Å². The minimum Gasteiger partial charge on any atom is -0.322 e. The highest BCUT2D eigenvalue weighted by atomic mass is 32.1. The molecule has 4 aromatic rings. The predicted octanol–water partition coefficient (Wildman–Crippen LogP) is 5.02. The molecule has 0 aliphatic heterocycles. The SMILES string of the molecule is O=C(/C=C/c1cccc([N+](=O)[O-])c1)Nc1cccc(C(=O)Nc2nnc(-c3ccccc3)s2)c1. The van der Waals surface area contributed by atoms with Gasteiger partial charge in [-0.3, -0.25) is 25.0 Å². The largest absolute Gasteiger partial charge is 0.322 e. The summed E-state index contributed by atoms with van der Waals surface area (Å²) in [6, 6.07) is 21.9. The second kappa shape index (κ2) is 10.3. The van der Waals surface area contributed by atoms with E-state index in [9.17, 15) is 19.7 Å². The van der Waals surface area contributed by atoms with Crippen molar-refractivity contribution in [1.82, 2.24) is 10.2 Å². The molecule has 2 amide bonds. The van der Waals surface area contributed by atoms with Crippen molar-refractivity contribution in [3.8, 4) is 10.6 Å². The number of amides is 2. The molecule has 10 heteroatoms. The van der Waals surface area contributed by atoms with Crippen LogP contribution in [0.5, 0.6) is 0 Å². The highest BCUT2D eigenvalue weighted by Crippen LogP contribution is 2.26. The first-order valence-electron chi connectivity index (χ1n) is 10.0. The Morgan fingerprint density at radius 2 is 1.71 bits per heavy atom. The number of hydrogen-bond acceptors (Lipinski definition) is 7. The maximum absolute atomic E-state index is 12.6. The average Bonchev–Trinajstić information content (AvgIpc) is 3.32. The highest BCUT2D eigenvalue weighted by Gasteiger charge is 2.12. The Kier molecular flexibility index (Phi) is 6.80. The Morgan fingerprint density at radius 3 is 2.50 bits per heavy atom. The van der Waals surface area contributed by atoms with Crippen LogP contribution in [0, 0.1) is 10.1 Å². The van der Waals surface area contributed by atoms with Crippen LogP contribution in [-0.4, -0.2) is 26.9 Å². The molecule has 0 fully saturated rings. The van der Waals surface area contributed by atoms with Crippen LogP contribution in [0.3, 0.4) is 0 Å². The lowest BCUT2D eigenvalue weighted by molar-refractivity contribution is -0.384. The van der Waals surface area contributed by atoms with E-state index in [-0.39, 0.29) is 11.6 Å². The van der Waals surface area contributed by atoms with Crippen LogP contribution >= 0.6 is 11.3 Å². The fraction of sp³-hybridized carbons (Fsp3) is 0. The van der Waals surface area contributed by atoms with Gasteiger partial charge in [0.25, 0.3) is 11.6 Å². The van der Waals surface area contributed by atoms with Crippen molar-refractivity contribution < 1.29 is 14.5 Å². The van der Waals surface area contributed by atoms with Crippen molar-refractivity contribution in [2.45, 2.75) is 0 Å². The lowest BCUT2D eigenvalue weighted by Crippen LogP contribution is -2.13. The number of anilines is 2. The van der Waals surface area contributed by atoms with E-state index in [1.54, 1.807) is 30.3 Å². The summed E-state index contributed by atoms with van der Waals surface area (Å²) in [5.41, 5.74) is 2.11. The summed E-state index contributed by atoms with van der Waals surface area (Å²) in [4.78, 5) is 35.3. The van der Waals surface area contributed by atoms with Gasteiger partial charge >= 0.3 is 0 Å². The van der Waals surface area contributed by atoms with Crippen LogP contribution in [0.25, 0.3) is 16.6 Å². The van der Waals surface area contributed by atoms with Crippen LogP contribution < -0.4 is 10.6 Å². The summed E-state index contributed by atoms with van der Waals surface area (Å²) in [5.74, 6) is -0.834. The van der Waals surface area contributed by atoms with Crippen LogP contribution in [0.1, 0.15) is 15.9 Å². The number of nitro benzene ring substituents is 1. The third kappa shape index (κ3) is 5.75. The maximum Gasteiger partial charge on any atom is 0.270 e. The topological polar surface area (TPSA) is 127 Å². The number of non-ortho nitro benzene ring substituents is 1. The molecule has 168 valence electrons. The van der Waals surface area contributed by atoms with Gasteiger partial charge in [-0.25, -0.2) is 0 Å². The molecule has 0 unspecified atom stereocenters. The van der Waals surface area contributed by atoms with E-state index < -0.39 is 10.8 Å². The number of carbonyl (C=O) groups excluding carboxylic acids is 2. The number of rotatable bonds is 7. The first-order valence-corrected chi connectivity index (χ1v) is 10.8. The summed E-state index contributed by atoms with van der Waals surface area (Å²) in [6.07, 6.45) is 2.73. The smallest absolute Gasteiger partial charge is 0.270 e. The number of nitro groups is 1. The summed E-state index contributed by atoms with van der Waals surface area (Å²) < 4.78 is 0. The van der Waals surface area contributed by atoms with E-state index in [0.29, 0.717) is 27.0 Å². The van der Waals surface area contributed by atoms with E-state index >= 15 is 0 Å². The molecule has 2 N–H and O–H groups in total. The number of hydrogen-bond donors (Lipinski definition) is 2. The van der Waals surface area contributed by atoms with Gasteiger partial charge in [0.1, 0.15) is 5.01 Å². The molecule has 0 aliphatic carbocycles. The number of aromatic nitrogens is 2. The number of carbonyl (C=O) groups is 2. The molecule has 0 saturated heterocycles. The van der Waals surface area contributed by atoms with Gasteiger partial charge < -0.3 is 5.32 Å². The Morgan fingerprint density at radius 1 is 0.912 bits per heavy atom. The van der Waals surface area contributed by atoms with Crippen molar-refractivity contribution in [3.05, 3.63) is 106 Å². The zero-order chi connectivity index (χ0) is 23.9. The first-order chi connectivity index (χ1) is 16.5. The lowest BCUT2D eigenvalue weighted by Gasteiger charge is -2.05. The second-order valence-electron chi connectivity index (χ2n) is 6.99. The van der Waals surface area contributed by atoms with Gasteiger partial charge in [-0.15, -0.1) is 10.2 Å². The molecule has 3 aromatic carbocycles. The first kappa shape index (κ1) is 22.5. The molecule has 0 saturated carbocycles. The number of nitrogens with zero attached hydrogens (tertiary/aromatic N) is 3. The van der Waals surface area contributed by atoms with Crippen molar-refractivity contribution in [2.24, 2.45) is 0 Å². The molecule has 0 aliphatic rings. The normalized spacial score (nSPS) is 10.7. The maximum atomic E-state index is 12.6. The standard InChI is InChI=1S/C24H17N5O4S/c30-21(13-12-16-6-4-11-20(14-16)29(32)33)25-19-10-5-9-18(15-19)22(31)26-24-28-27-23(34-24)17-7-2-1-3-8-17/h1-15H,(H,25,30)(H,26,28,31)/b13-12+. The van der Waals surface area contributed by atoms with E-state index in [1.807, 2.05) is 30.3 Å². The number of benzene rings is 3. The second-order valence-corrected chi connectivity index (χ2v) is 7.97. The van der Waals surface area contributed by atoms with Crippen LogP contribution in [0.15, 0.2) is 84.9 Å². The molecule has 34 heavy (non-hydrogen) atoms. The van der Waals surface area contributed by atoms with Gasteiger partial charge in [-0.05, 0) is 29.8 Å². The Labute approximate surface area is 197 Å². The Hall–Kier alpha value is -4.70. The molecule has 0 spiro atoms. The quantitative estimate of drug-likeness (QED) is 0.221. The Bertz CT molecular complexity index is 1380. The molecule has 0 bridgehead atoms. The fourth-order valence-corrected chi connectivity index (χ4v) is 3.72. The molecule has 9 nitrogen and oxygen atoms in total. The monoisotopic (exact) mass is 471 g/mol. The summed E-state index contributed by atoms with van der Waals surface area (Å²) in [7, 11) is 0. The molecule has 0 radical (unpaired) electrons. The van der Waals surface area contributed by atoms with Gasteiger partial charge in [0, 0.05) is 35.0 Å². The predicted molar refractivity (Wildman–Crippen MR) is 131 cm³/mol. The van der Waals surface area contributed by atoms with Crippen molar-refractivity contribution in [1.29, 1.82) is 0 Å². The summed E-state index contributed by atoms with van der Waals surface area (Å²) >= 11 is 1.26. The van der Waals surface area contributed by atoms with Crippen molar-refractivity contribution in [3.63, 3.8) is 0 Å². The lowest BCUT2D eigenvalue weighted by atomic mass is 10.1. The van der Waals surface area contributed by atoms with Crippen LogP contribution in [0.4, 0.5) is 16.5 Å². The van der Waals surface area contributed by atoms with E-state index in [2.05, 4.69) is 20.8 Å². The molecule has 4 rings (SSSR count). The molecular weight excluding hydrogens is 454 g/mol. The number of nitrogens with one attached hydrogen (secondary N) is 2. The van der Waals surface area contributed by atoms with Gasteiger partial charge in [0.15, 0.2) is 0 Å². The fourth-order valence-electron chi connectivity index (χ4n) is 2.98. The molecular formula is C24H17N5O4S. The average molecular weight is 471 g/mol. The van der Waals surface area contributed by atoms with Crippen molar-refractivity contribution >= 4 is 45.7 Å². The van der Waals surface area contributed by atoms with E-state index in [4.69, 9.17) is 0 Å². The summed E-state index contributed by atoms with van der Waals surface area (Å²) in [5, 5.41) is 25.4. The van der Waals surface area contributed by atoms with Gasteiger partial charge in [-0.1, -0.05) is 59.9 Å². The third-order valence-corrected chi connectivity index (χ3v) is 5.45. The van der Waals surface area contributed by atoms with Crippen LogP contribution in [0.2, 0.25) is 0 Å². The summed E-state index contributed by atoms with van der Waals surface area (Å²) in [6.45, 7) is 0. The molecule has 0 atom stereocenters. The third-order valence-electron chi connectivity index (χ3n) is 4.57. The molecule has 1 aromatic heterocycles. The van der Waals surface area contributed by atoms with Gasteiger partial charge in [0.2, 0.25) is 11.0 Å². The van der Waals surface area contributed by atoms with Gasteiger partial charge in [-0.2, -0.15) is 0 Å². The Balaban J connectivity index is 1.39. The molecule has 1 heterocycles. The van der Waals surface area contributed by atoms with E-state index in [0.717, 1.165) is 5.56 Å².